The average molecular weight is 376 g/mol. The lowest BCUT2D eigenvalue weighted by Gasteiger charge is -2.35. The van der Waals surface area contributed by atoms with Crippen molar-refractivity contribution < 1.29 is 14.6 Å². The van der Waals surface area contributed by atoms with Gasteiger partial charge in [-0.2, -0.15) is 0 Å². The lowest BCUT2D eigenvalue weighted by atomic mass is 9.89. The van der Waals surface area contributed by atoms with Gasteiger partial charge in [-0.25, -0.2) is 0 Å². The van der Waals surface area contributed by atoms with Crippen molar-refractivity contribution in [1.82, 2.24) is 5.32 Å². The van der Waals surface area contributed by atoms with Crippen molar-refractivity contribution in [3.8, 4) is 11.5 Å². The van der Waals surface area contributed by atoms with Gasteiger partial charge in [0.2, 0.25) is 0 Å². The molecular weight excluding hydrogens is 350 g/mol. The number of aliphatic hydroxyl groups is 1. The van der Waals surface area contributed by atoms with E-state index in [1.54, 1.807) is 12.1 Å². The molecule has 0 saturated heterocycles. The van der Waals surface area contributed by atoms with Gasteiger partial charge in [-0.05, 0) is 68.1 Å². The Morgan fingerprint density at radius 1 is 1.04 bits per heavy atom. The first kappa shape index (κ1) is 19.0. The van der Waals surface area contributed by atoms with Crippen LogP contribution in [-0.4, -0.2) is 30.0 Å². The molecule has 0 spiro atoms. The molecule has 0 radical (unpaired) electrons. The van der Waals surface area contributed by atoms with E-state index in [-0.39, 0.29) is 12.1 Å². The summed E-state index contributed by atoms with van der Waals surface area (Å²) in [6, 6.07) is 15.4. The molecule has 1 aliphatic rings. The molecule has 4 nitrogen and oxygen atoms in total. The van der Waals surface area contributed by atoms with Crippen molar-refractivity contribution in [2.45, 2.75) is 51.0 Å². The predicted octanol–water partition coefficient (Wildman–Crippen LogP) is 4.19. The Labute approximate surface area is 160 Å². The summed E-state index contributed by atoms with van der Waals surface area (Å²) in [6.07, 6.45) is 2.07. The number of hydrogen-bond acceptors (Lipinski definition) is 4. The van der Waals surface area contributed by atoms with E-state index in [4.69, 9.17) is 21.1 Å². The van der Waals surface area contributed by atoms with E-state index in [9.17, 15) is 5.11 Å². The summed E-state index contributed by atoms with van der Waals surface area (Å²) >= 11 is 5.91. The molecule has 3 rings (SSSR count). The predicted molar refractivity (Wildman–Crippen MR) is 104 cm³/mol. The third-order valence-corrected chi connectivity index (χ3v) is 4.95. The largest absolute Gasteiger partial charge is 0.494 e. The van der Waals surface area contributed by atoms with Gasteiger partial charge in [-0.3, -0.25) is 0 Å². The van der Waals surface area contributed by atoms with Gasteiger partial charge < -0.3 is 19.9 Å². The third-order valence-electron chi connectivity index (χ3n) is 4.70. The molecule has 0 bridgehead atoms. The van der Waals surface area contributed by atoms with Crippen molar-refractivity contribution in [3.63, 3.8) is 0 Å². The van der Waals surface area contributed by atoms with Crippen molar-refractivity contribution >= 4 is 11.6 Å². The standard InChI is InChI=1S/C21H26ClNO3/c1-2-25-17-10-6-15(7-11-17)14-23-19-4-3-5-20(21(19)24)26-18-12-8-16(22)9-13-18/h6-13,19-21,23-24H,2-5,14H2,1H3/t19-,20+,21+/m0/s1. The Morgan fingerprint density at radius 3 is 2.42 bits per heavy atom. The zero-order valence-electron chi connectivity index (χ0n) is 15.0. The van der Waals surface area contributed by atoms with Crippen molar-refractivity contribution in [1.29, 1.82) is 0 Å². The summed E-state index contributed by atoms with van der Waals surface area (Å²) in [5.74, 6) is 1.62. The van der Waals surface area contributed by atoms with Crippen LogP contribution in [0, 0.1) is 0 Å². The minimum absolute atomic E-state index is 0.0209. The lowest BCUT2D eigenvalue weighted by molar-refractivity contribution is -0.0157. The Kier molecular flexibility index (Phi) is 6.78. The highest BCUT2D eigenvalue weighted by Gasteiger charge is 2.33. The summed E-state index contributed by atoms with van der Waals surface area (Å²) in [4.78, 5) is 0. The van der Waals surface area contributed by atoms with Crippen LogP contribution in [0.15, 0.2) is 48.5 Å². The fourth-order valence-corrected chi connectivity index (χ4v) is 3.42. The van der Waals surface area contributed by atoms with Crippen LogP contribution in [0.2, 0.25) is 5.02 Å². The smallest absolute Gasteiger partial charge is 0.126 e. The molecule has 5 heteroatoms. The highest BCUT2D eigenvalue weighted by atomic mass is 35.5. The minimum atomic E-state index is -0.540. The number of benzene rings is 2. The third kappa shape index (κ3) is 5.13. The maximum absolute atomic E-state index is 10.7. The summed E-state index contributed by atoms with van der Waals surface area (Å²) < 4.78 is 11.4. The molecule has 0 unspecified atom stereocenters. The number of aliphatic hydroxyl groups excluding tert-OH is 1. The van der Waals surface area contributed by atoms with Gasteiger partial charge >= 0.3 is 0 Å². The number of rotatable bonds is 7. The minimum Gasteiger partial charge on any atom is -0.494 e. The topological polar surface area (TPSA) is 50.7 Å². The van der Waals surface area contributed by atoms with E-state index in [0.717, 1.165) is 30.8 Å². The molecule has 0 aliphatic heterocycles. The summed E-state index contributed by atoms with van der Waals surface area (Å²) in [7, 11) is 0. The van der Waals surface area contributed by atoms with Crippen molar-refractivity contribution in [2.24, 2.45) is 0 Å². The highest BCUT2D eigenvalue weighted by Crippen LogP contribution is 2.25. The number of hydrogen-bond donors (Lipinski definition) is 2. The van der Waals surface area contributed by atoms with Gasteiger partial charge in [-0.15, -0.1) is 0 Å². The molecule has 1 aliphatic carbocycles. The zero-order chi connectivity index (χ0) is 18.4. The van der Waals surface area contributed by atoms with E-state index in [1.807, 2.05) is 31.2 Å². The molecule has 1 saturated carbocycles. The first-order chi connectivity index (χ1) is 12.7. The van der Waals surface area contributed by atoms with Crippen LogP contribution in [0.25, 0.3) is 0 Å². The molecule has 3 atom stereocenters. The summed E-state index contributed by atoms with van der Waals surface area (Å²) in [6.45, 7) is 3.35. The molecule has 2 aromatic carbocycles. The Morgan fingerprint density at radius 2 is 1.73 bits per heavy atom. The molecule has 0 aromatic heterocycles. The maximum Gasteiger partial charge on any atom is 0.126 e. The molecule has 1 fully saturated rings. The van der Waals surface area contributed by atoms with Gasteiger partial charge in [0, 0.05) is 17.6 Å². The van der Waals surface area contributed by atoms with Crippen LogP contribution in [0.5, 0.6) is 11.5 Å². The maximum atomic E-state index is 10.7. The molecule has 0 heterocycles. The molecule has 140 valence electrons. The van der Waals surface area contributed by atoms with E-state index in [0.29, 0.717) is 18.2 Å². The van der Waals surface area contributed by atoms with E-state index in [1.165, 1.54) is 5.56 Å². The molecule has 2 aromatic rings. The summed E-state index contributed by atoms with van der Waals surface area (Å²) in [5.41, 5.74) is 1.17. The second-order valence-corrected chi connectivity index (χ2v) is 7.03. The van der Waals surface area contributed by atoms with Crippen molar-refractivity contribution in [3.05, 3.63) is 59.1 Å². The van der Waals surface area contributed by atoms with E-state index < -0.39 is 6.10 Å². The van der Waals surface area contributed by atoms with Gasteiger partial charge in [0.05, 0.1) is 6.61 Å². The van der Waals surface area contributed by atoms with Crippen molar-refractivity contribution in [2.75, 3.05) is 6.61 Å². The first-order valence-corrected chi connectivity index (χ1v) is 9.59. The molecular formula is C21H26ClNO3. The monoisotopic (exact) mass is 375 g/mol. The Balaban J connectivity index is 1.53. The lowest BCUT2D eigenvalue weighted by Crippen LogP contribution is -2.50. The zero-order valence-corrected chi connectivity index (χ0v) is 15.8. The molecule has 2 N–H and O–H groups in total. The number of halogens is 1. The van der Waals surface area contributed by atoms with E-state index in [2.05, 4.69) is 17.4 Å². The molecule has 0 amide bonds. The SMILES string of the molecule is CCOc1ccc(CN[C@H]2CCC[C@@H](Oc3ccc(Cl)cc3)[C@@H]2O)cc1. The van der Waals surface area contributed by atoms with Crippen LogP contribution in [0.4, 0.5) is 0 Å². The van der Waals surface area contributed by atoms with Crippen LogP contribution in [0.1, 0.15) is 31.7 Å². The summed E-state index contributed by atoms with van der Waals surface area (Å²) in [5, 5.41) is 14.9. The number of ether oxygens (including phenoxy) is 2. The number of nitrogens with one attached hydrogen (secondary N) is 1. The van der Waals surface area contributed by atoms with Gasteiger partial charge in [0.15, 0.2) is 0 Å². The fourth-order valence-electron chi connectivity index (χ4n) is 3.30. The normalized spacial score (nSPS) is 22.8. The highest BCUT2D eigenvalue weighted by molar-refractivity contribution is 6.30. The fraction of sp³-hybridized carbons (Fsp3) is 0.429. The van der Waals surface area contributed by atoms with E-state index >= 15 is 0 Å². The first-order valence-electron chi connectivity index (χ1n) is 9.21. The Hall–Kier alpha value is -1.75. The Bertz CT molecular complexity index is 675. The van der Waals surface area contributed by atoms with Crippen LogP contribution < -0.4 is 14.8 Å². The van der Waals surface area contributed by atoms with Crippen LogP contribution in [0.3, 0.4) is 0 Å². The molecule has 26 heavy (non-hydrogen) atoms. The quantitative estimate of drug-likeness (QED) is 0.761. The van der Waals surface area contributed by atoms with Crippen LogP contribution in [-0.2, 0) is 6.54 Å². The second-order valence-electron chi connectivity index (χ2n) is 6.60. The average Bonchev–Trinajstić information content (AvgIpc) is 2.66. The van der Waals surface area contributed by atoms with Gasteiger partial charge in [-0.1, -0.05) is 23.7 Å². The second kappa shape index (κ2) is 9.26. The van der Waals surface area contributed by atoms with Crippen LogP contribution >= 0.6 is 11.6 Å². The van der Waals surface area contributed by atoms with Gasteiger partial charge in [0.1, 0.15) is 23.7 Å². The van der Waals surface area contributed by atoms with Gasteiger partial charge in [0.25, 0.3) is 0 Å².